The molecule has 1 aromatic rings. The van der Waals surface area contributed by atoms with Gasteiger partial charge in [-0.2, -0.15) is 5.26 Å². The maximum atomic E-state index is 8.91. The molecule has 1 aliphatic heterocycles. The molecule has 1 aromatic carbocycles. The zero-order chi connectivity index (χ0) is 12.1. The fraction of sp³-hybridized carbons (Fsp3) is 0.462. The highest BCUT2D eigenvalue weighted by molar-refractivity contribution is 5.42. The number of hydrogen-bond acceptors (Lipinski definition) is 4. The van der Waals surface area contributed by atoms with Crippen molar-refractivity contribution in [1.82, 2.24) is 4.90 Å². The van der Waals surface area contributed by atoms with Crippen LogP contribution in [0, 0.1) is 11.3 Å². The number of benzene rings is 1. The summed E-state index contributed by atoms with van der Waals surface area (Å²) in [6.45, 7) is 4.22. The number of nitriles is 1. The van der Waals surface area contributed by atoms with E-state index in [1.807, 2.05) is 12.1 Å². The summed E-state index contributed by atoms with van der Waals surface area (Å²) in [7, 11) is 1.66. The number of morpholine rings is 1. The Kier molecular flexibility index (Phi) is 3.97. The molecule has 0 amide bonds. The van der Waals surface area contributed by atoms with Crippen molar-refractivity contribution >= 4 is 0 Å². The second-order valence-corrected chi connectivity index (χ2v) is 4.03. The Labute approximate surface area is 101 Å². The van der Waals surface area contributed by atoms with E-state index < -0.39 is 0 Å². The van der Waals surface area contributed by atoms with Crippen LogP contribution >= 0.6 is 0 Å². The Bertz CT molecular complexity index is 420. The molecule has 0 aromatic heterocycles. The van der Waals surface area contributed by atoms with E-state index in [2.05, 4.69) is 11.0 Å². The average Bonchev–Trinajstić information content (AvgIpc) is 2.40. The van der Waals surface area contributed by atoms with Crippen LogP contribution in [0.2, 0.25) is 0 Å². The van der Waals surface area contributed by atoms with Crippen LogP contribution in [0.5, 0.6) is 5.75 Å². The molecule has 0 atom stereocenters. The van der Waals surface area contributed by atoms with Crippen LogP contribution in [0.4, 0.5) is 0 Å². The van der Waals surface area contributed by atoms with Crippen LogP contribution < -0.4 is 4.74 Å². The van der Waals surface area contributed by atoms with Crippen molar-refractivity contribution in [2.75, 3.05) is 33.4 Å². The van der Waals surface area contributed by atoms with Crippen LogP contribution in [-0.2, 0) is 11.3 Å². The Hall–Kier alpha value is -1.57. The number of nitrogens with zero attached hydrogens (tertiary/aromatic N) is 2. The Morgan fingerprint density at radius 2 is 2.18 bits per heavy atom. The molecule has 4 nitrogen and oxygen atoms in total. The van der Waals surface area contributed by atoms with Gasteiger partial charge in [-0.25, -0.2) is 0 Å². The lowest BCUT2D eigenvalue weighted by Gasteiger charge is -2.27. The molecular weight excluding hydrogens is 216 g/mol. The van der Waals surface area contributed by atoms with Crippen LogP contribution in [0.25, 0.3) is 0 Å². The smallest absolute Gasteiger partial charge is 0.123 e. The topological polar surface area (TPSA) is 45.5 Å². The number of methoxy groups -OCH3 is 1. The quantitative estimate of drug-likeness (QED) is 0.790. The lowest BCUT2D eigenvalue weighted by atomic mass is 10.1. The molecule has 1 saturated heterocycles. The van der Waals surface area contributed by atoms with Crippen molar-refractivity contribution in [3.8, 4) is 11.8 Å². The normalized spacial score (nSPS) is 16.5. The molecule has 1 fully saturated rings. The van der Waals surface area contributed by atoms with E-state index >= 15 is 0 Å². The summed E-state index contributed by atoms with van der Waals surface area (Å²) in [6.07, 6.45) is 0. The lowest BCUT2D eigenvalue weighted by molar-refractivity contribution is 0.0339. The van der Waals surface area contributed by atoms with Gasteiger partial charge < -0.3 is 9.47 Å². The predicted octanol–water partition coefficient (Wildman–Crippen LogP) is 1.40. The average molecular weight is 232 g/mol. The minimum atomic E-state index is 0.675. The number of rotatable bonds is 3. The predicted molar refractivity (Wildman–Crippen MR) is 63.8 cm³/mol. The summed E-state index contributed by atoms with van der Waals surface area (Å²) >= 11 is 0. The van der Waals surface area contributed by atoms with Crippen LogP contribution in [0.15, 0.2) is 18.2 Å². The molecule has 0 radical (unpaired) electrons. The monoisotopic (exact) mass is 232 g/mol. The highest BCUT2D eigenvalue weighted by Gasteiger charge is 2.13. The SMILES string of the molecule is COc1ccc(C#N)cc1CN1CCOCC1. The first-order chi connectivity index (χ1) is 8.33. The molecule has 1 heterocycles. The van der Waals surface area contributed by atoms with Crippen molar-refractivity contribution in [2.45, 2.75) is 6.54 Å². The Morgan fingerprint density at radius 1 is 1.41 bits per heavy atom. The third-order valence-corrected chi connectivity index (χ3v) is 2.91. The van der Waals surface area contributed by atoms with Crippen molar-refractivity contribution in [1.29, 1.82) is 5.26 Å². The van der Waals surface area contributed by atoms with Crippen molar-refractivity contribution < 1.29 is 9.47 Å². The lowest BCUT2D eigenvalue weighted by Crippen LogP contribution is -2.35. The molecule has 0 aliphatic carbocycles. The van der Waals surface area contributed by atoms with E-state index in [0.29, 0.717) is 5.56 Å². The van der Waals surface area contributed by atoms with Gasteiger partial charge in [0, 0.05) is 25.2 Å². The summed E-state index contributed by atoms with van der Waals surface area (Å²) in [6, 6.07) is 7.69. The van der Waals surface area contributed by atoms with Gasteiger partial charge in [-0.15, -0.1) is 0 Å². The summed E-state index contributed by atoms with van der Waals surface area (Å²) < 4.78 is 10.6. The molecule has 17 heavy (non-hydrogen) atoms. The second-order valence-electron chi connectivity index (χ2n) is 4.03. The Balaban J connectivity index is 2.14. The largest absolute Gasteiger partial charge is 0.496 e. The molecule has 0 saturated carbocycles. The minimum Gasteiger partial charge on any atom is -0.496 e. The second kappa shape index (κ2) is 5.67. The highest BCUT2D eigenvalue weighted by Crippen LogP contribution is 2.21. The van der Waals surface area contributed by atoms with Crippen LogP contribution in [0.1, 0.15) is 11.1 Å². The van der Waals surface area contributed by atoms with Gasteiger partial charge in [0.15, 0.2) is 0 Å². The van der Waals surface area contributed by atoms with E-state index in [0.717, 1.165) is 44.2 Å². The molecule has 0 N–H and O–H groups in total. The fourth-order valence-corrected chi connectivity index (χ4v) is 1.97. The van der Waals surface area contributed by atoms with Gasteiger partial charge in [0.1, 0.15) is 5.75 Å². The first-order valence-electron chi connectivity index (χ1n) is 5.70. The van der Waals surface area contributed by atoms with Crippen molar-refractivity contribution in [2.24, 2.45) is 0 Å². The van der Waals surface area contributed by atoms with E-state index in [1.165, 1.54) is 0 Å². The Morgan fingerprint density at radius 3 is 2.82 bits per heavy atom. The molecule has 4 heteroatoms. The summed E-state index contributed by atoms with van der Waals surface area (Å²) in [5, 5.41) is 8.91. The highest BCUT2D eigenvalue weighted by atomic mass is 16.5. The third kappa shape index (κ3) is 2.96. The van der Waals surface area contributed by atoms with Gasteiger partial charge >= 0.3 is 0 Å². The molecule has 0 bridgehead atoms. The molecule has 2 rings (SSSR count). The van der Waals surface area contributed by atoms with Crippen LogP contribution in [-0.4, -0.2) is 38.3 Å². The standard InChI is InChI=1S/C13H16N2O2/c1-16-13-3-2-11(9-14)8-12(13)10-15-4-6-17-7-5-15/h2-3,8H,4-7,10H2,1H3. The van der Waals surface area contributed by atoms with Crippen molar-refractivity contribution in [3.63, 3.8) is 0 Å². The van der Waals surface area contributed by atoms with E-state index in [4.69, 9.17) is 14.7 Å². The van der Waals surface area contributed by atoms with Gasteiger partial charge in [-0.3, -0.25) is 4.90 Å². The number of ether oxygens (including phenoxy) is 2. The molecular formula is C13H16N2O2. The molecule has 0 unspecified atom stereocenters. The van der Waals surface area contributed by atoms with Gasteiger partial charge in [-0.1, -0.05) is 0 Å². The van der Waals surface area contributed by atoms with Gasteiger partial charge in [-0.05, 0) is 18.2 Å². The first kappa shape index (κ1) is 11.9. The summed E-state index contributed by atoms with van der Waals surface area (Å²) in [5.41, 5.74) is 1.74. The maximum Gasteiger partial charge on any atom is 0.123 e. The van der Waals surface area contributed by atoms with Gasteiger partial charge in [0.2, 0.25) is 0 Å². The minimum absolute atomic E-state index is 0.675. The first-order valence-corrected chi connectivity index (χ1v) is 5.70. The van der Waals surface area contributed by atoms with E-state index in [1.54, 1.807) is 13.2 Å². The van der Waals surface area contributed by atoms with Crippen LogP contribution in [0.3, 0.4) is 0 Å². The zero-order valence-corrected chi connectivity index (χ0v) is 9.98. The van der Waals surface area contributed by atoms with Crippen molar-refractivity contribution in [3.05, 3.63) is 29.3 Å². The van der Waals surface area contributed by atoms with Gasteiger partial charge in [0.05, 0.1) is 32.0 Å². The van der Waals surface area contributed by atoms with E-state index in [-0.39, 0.29) is 0 Å². The summed E-state index contributed by atoms with van der Waals surface area (Å²) in [5.74, 6) is 0.843. The van der Waals surface area contributed by atoms with E-state index in [9.17, 15) is 0 Å². The van der Waals surface area contributed by atoms with Gasteiger partial charge in [0.25, 0.3) is 0 Å². The maximum absolute atomic E-state index is 8.91. The molecule has 0 spiro atoms. The molecule has 90 valence electrons. The summed E-state index contributed by atoms with van der Waals surface area (Å²) in [4.78, 5) is 2.31. The zero-order valence-electron chi connectivity index (χ0n) is 9.98. The fourth-order valence-electron chi connectivity index (χ4n) is 1.97. The number of hydrogen-bond donors (Lipinski definition) is 0. The third-order valence-electron chi connectivity index (χ3n) is 2.91. The molecule has 1 aliphatic rings.